The molecule has 0 aliphatic carbocycles. The van der Waals surface area contributed by atoms with Crippen LogP contribution in [0.4, 0.5) is 17.2 Å². The highest BCUT2D eigenvalue weighted by atomic mass is 16.5. The second-order valence-corrected chi connectivity index (χ2v) is 6.14. The van der Waals surface area contributed by atoms with Gasteiger partial charge in [-0.15, -0.1) is 0 Å². The van der Waals surface area contributed by atoms with Crippen LogP contribution in [-0.4, -0.2) is 36.1 Å². The number of anilines is 3. The van der Waals surface area contributed by atoms with E-state index in [-0.39, 0.29) is 5.69 Å². The normalized spacial score (nSPS) is 10.2. The monoisotopic (exact) mass is 392 g/mol. The van der Waals surface area contributed by atoms with E-state index in [0.717, 1.165) is 5.56 Å². The van der Waals surface area contributed by atoms with E-state index in [9.17, 15) is 9.59 Å². The van der Waals surface area contributed by atoms with Crippen LogP contribution in [0.5, 0.6) is 5.75 Å². The summed E-state index contributed by atoms with van der Waals surface area (Å²) in [5, 5.41) is 5.85. The van der Waals surface area contributed by atoms with E-state index >= 15 is 0 Å². The third-order valence-electron chi connectivity index (χ3n) is 4.06. The molecule has 3 aromatic rings. The number of esters is 1. The van der Waals surface area contributed by atoms with Crippen molar-refractivity contribution in [3.8, 4) is 5.75 Å². The third kappa shape index (κ3) is 4.86. The van der Waals surface area contributed by atoms with Crippen molar-refractivity contribution in [2.45, 2.75) is 6.92 Å². The summed E-state index contributed by atoms with van der Waals surface area (Å²) in [6.45, 7) is 1.92. The molecule has 0 aliphatic heterocycles. The van der Waals surface area contributed by atoms with Crippen LogP contribution in [0, 0.1) is 6.92 Å². The maximum absolute atomic E-state index is 12.6. The fourth-order valence-electron chi connectivity index (χ4n) is 2.65. The summed E-state index contributed by atoms with van der Waals surface area (Å²) in [4.78, 5) is 32.5. The highest BCUT2D eigenvalue weighted by Gasteiger charge is 2.13. The number of hydrogen-bond acceptors (Lipinski definition) is 7. The van der Waals surface area contributed by atoms with Gasteiger partial charge in [-0.2, -0.15) is 0 Å². The first-order chi connectivity index (χ1) is 14.0. The van der Waals surface area contributed by atoms with Crippen LogP contribution in [0.1, 0.15) is 26.4 Å². The molecule has 1 heterocycles. The molecule has 3 rings (SSSR count). The summed E-state index contributed by atoms with van der Waals surface area (Å²) in [7, 11) is 2.86. The number of amides is 1. The second kappa shape index (κ2) is 8.83. The Morgan fingerprint density at radius 3 is 2.59 bits per heavy atom. The van der Waals surface area contributed by atoms with Gasteiger partial charge in [0.05, 0.1) is 25.5 Å². The first-order valence-electron chi connectivity index (χ1n) is 8.73. The molecule has 8 heteroatoms. The van der Waals surface area contributed by atoms with Gasteiger partial charge in [-0.25, -0.2) is 14.8 Å². The van der Waals surface area contributed by atoms with Gasteiger partial charge in [0.2, 0.25) is 0 Å². The lowest BCUT2D eigenvalue weighted by Crippen LogP contribution is -2.15. The Kier molecular flexibility index (Phi) is 6.03. The van der Waals surface area contributed by atoms with E-state index in [0.29, 0.717) is 28.5 Å². The lowest BCUT2D eigenvalue weighted by Gasteiger charge is -2.11. The van der Waals surface area contributed by atoms with Crippen molar-refractivity contribution in [1.82, 2.24) is 9.97 Å². The highest BCUT2D eigenvalue weighted by Crippen LogP contribution is 2.26. The average Bonchev–Trinajstić information content (AvgIpc) is 2.73. The Labute approximate surface area is 167 Å². The number of rotatable bonds is 6. The highest BCUT2D eigenvalue weighted by molar-refractivity contribution is 6.04. The van der Waals surface area contributed by atoms with Crippen molar-refractivity contribution in [2.24, 2.45) is 0 Å². The number of benzene rings is 2. The van der Waals surface area contributed by atoms with Crippen molar-refractivity contribution < 1.29 is 19.1 Å². The molecule has 0 fully saturated rings. The maximum Gasteiger partial charge on any atom is 0.337 e. The number of ether oxygens (including phenoxy) is 2. The van der Waals surface area contributed by atoms with Crippen molar-refractivity contribution in [1.29, 1.82) is 0 Å². The average molecular weight is 392 g/mol. The van der Waals surface area contributed by atoms with Crippen LogP contribution >= 0.6 is 0 Å². The molecule has 0 aliphatic rings. The Morgan fingerprint density at radius 1 is 1.00 bits per heavy atom. The molecule has 0 bridgehead atoms. The van der Waals surface area contributed by atoms with E-state index in [4.69, 9.17) is 9.47 Å². The summed E-state index contributed by atoms with van der Waals surface area (Å²) in [5.74, 6) is 0.116. The summed E-state index contributed by atoms with van der Waals surface area (Å²) in [5.41, 5.74) is 2.73. The minimum absolute atomic E-state index is 0.176. The molecule has 2 aromatic carbocycles. The molecular weight excluding hydrogens is 372 g/mol. The third-order valence-corrected chi connectivity index (χ3v) is 4.06. The second-order valence-electron chi connectivity index (χ2n) is 6.14. The van der Waals surface area contributed by atoms with Crippen LogP contribution in [-0.2, 0) is 4.74 Å². The van der Waals surface area contributed by atoms with Gasteiger partial charge < -0.3 is 20.1 Å². The number of hydrogen-bond donors (Lipinski definition) is 2. The Bertz CT molecular complexity index is 1050. The molecule has 1 aromatic heterocycles. The van der Waals surface area contributed by atoms with Crippen molar-refractivity contribution >= 4 is 29.1 Å². The number of methoxy groups -OCH3 is 2. The van der Waals surface area contributed by atoms with Gasteiger partial charge in [0.1, 0.15) is 23.6 Å². The summed E-state index contributed by atoms with van der Waals surface area (Å²) in [6.07, 6.45) is 1.29. The molecule has 0 unspecified atom stereocenters. The molecule has 0 saturated carbocycles. The SMILES string of the molecule is COC(=O)c1cccc(Nc2cc(C(=O)Nc3cc(C)ccc3OC)ncn2)c1. The molecular formula is C21H20N4O4. The van der Waals surface area contributed by atoms with Crippen LogP contribution in [0.15, 0.2) is 54.9 Å². The molecule has 0 atom stereocenters. The van der Waals surface area contributed by atoms with E-state index in [1.165, 1.54) is 26.6 Å². The molecule has 0 spiro atoms. The van der Waals surface area contributed by atoms with Gasteiger partial charge >= 0.3 is 5.97 Å². The number of carbonyl (C=O) groups is 2. The van der Waals surface area contributed by atoms with Gasteiger partial charge in [0.25, 0.3) is 5.91 Å². The predicted octanol–water partition coefficient (Wildman–Crippen LogP) is 3.58. The quantitative estimate of drug-likeness (QED) is 0.618. The topological polar surface area (TPSA) is 102 Å². The first kappa shape index (κ1) is 19.8. The van der Waals surface area contributed by atoms with Gasteiger partial charge in [-0.3, -0.25) is 4.79 Å². The fourth-order valence-corrected chi connectivity index (χ4v) is 2.65. The van der Waals surface area contributed by atoms with Crippen LogP contribution < -0.4 is 15.4 Å². The molecule has 0 saturated heterocycles. The number of aryl methyl sites for hydroxylation is 1. The number of nitrogens with one attached hydrogen (secondary N) is 2. The fraction of sp³-hybridized carbons (Fsp3) is 0.143. The van der Waals surface area contributed by atoms with Gasteiger partial charge in [-0.1, -0.05) is 12.1 Å². The van der Waals surface area contributed by atoms with Crippen LogP contribution in [0.3, 0.4) is 0 Å². The lowest BCUT2D eigenvalue weighted by atomic mass is 10.2. The minimum Gasteiger partial charge on any atom is -0.495 e. The smallest absolute Gasteiger partial charge is 0.337 e. The molecule has 29 heavy (non-hydrogen) atoms. The molecule has 2 N–H and O–H groups in total. The largest absolute Gasteiger partial charge is 0.495 e. The van der Waals surface area contributed by atoms with Gasteiger partial charge in [0.15, 0.2) is 0 Å². The van der Waals surface area contributed by atoms with Crippen LogP contribution in [0.2, 0.25) is 0 Å². The summed E-state index contributed by atoms with van der Waals surface area (Å²) < 4.78 is 10.0. The van der Waals surface area contributed by atoms with E-state index in [1.807, 2.05) is 19.1 Å². The lowest BCUT2D eigenvalue weighted by molar-refractivity contribution is 0.0600. The van der Waals surface area contributed by atoms with Crippen LogP contribution in [0.25, 0.3) is 0 Å². The minimum atomic E-state index is -0.441. The summed E-state index contributed by atoms with van der Waals surface area (Å²) in [6, 6.07) is 13.8. The van der Waals surface area contributed by atoms with Gasteiger partial charge in [0, 0.05) is 11.8 Å². The standard InChI is InChI=1S/C21H20N4O4/c1-13-7-8-18(28-2)16(9-13)25-20(26)17-11-19(23-12-22-17)24-15-6-4-5-14(10-15)21(27)29-3/h4-12H,1-3H3,(H,25,26)(H,22,23,24). The van der Waals surface area contributed by atoms with E-state index in [1.54, 1.807) is 30.3 Å². The molecule has 8 nitrogen and oxygen atoms in total. The molecule has 0 radical (unpaired) electrons. The zero-order chi connectivity index (χ0) is 20.8. The number of nitrogens with zero attached hydrogens (tertiary/aromatic N) is 2. The molecule has 148 valence electrons. The predicted molar refractivity (Wildman–Crippen MR) is 109 cm³/mol. The van der Waals surface area contributed by atoms with Crippen molar-refractivity contribution in [3.63, 3.8) is 0 Å². The molecule has 1 amide bonds. The van der Waals surface area contributed by atoms with E-state index in [2.05, 4.69) is 20.6 Å². The Morgan fingerprint density at radius 2 is 1.83 bits per heavy atom. The Balaban J connectivity index is 1.78. The maximum atomic E-state index is 12.6. The summed E-state index contributed by atoms with van der Waals surface area (Å²) >= 11 is 0. The van der Waals surface area contributed by atoms with Crippen molar-refractivity contribution in [3.05, 3.63) is 71.7 Å². The zero-order valence-electron chi connectivity index (χ0n) is 16.2. The first-order valence-corrected chi connectivity index (χ1v) is 8.73. The Hall–Kier alpha value is -3.94. The van der Waals surface area contributed by atoms with Crippen molar-refractivity contribution in [2.75, 3.05) is 24.9 Å². The number of carbonyl (C=O) groups excluding carboxylic acids is 2. The number of aromatic nitrogens is 2. The zero-order valence-corrected chi connectivity index (χ0v) is 16.2. The van der Waals surface area contributed by atoms with Gasteiger partial charge in [-0.05, 0) is 42.8 Å². The van der Waals surface area contributed by atoms with E-state index < -0.39 is 11.9 Å².